The third-order valence-electron chi connectivity index (χ3n) is 4.81. The van der Waals surface area contributed by atoms with Crippen LogP contribution in [0.3, 0.4) is 0 Å². The first-order valence-corrected chi connectivity index (χ1v) is 8.51. The number of ether oxygens (including phenoxy) is 1. The molecule has 0 unspecified atom stereocenters. The van der Waals surface area contributed by atoms with E-state index < -0.39 is 0 Å². The first-order chi connectivity index (χ1) is 11.0. The van der Waals surface area contributed by atoms with Crippen molar-refractivity contribution in [1.29, 1.82) is 0 Å². The van der Waals surface area contributed by atoms with Crippen LogP contribution in [0.1, 0.15) is 52.4 Å². The van der Waals surface area contributed by atoms with E-state index in [0.717, 1.165) is 37.7 Å². The van der Waals surface area contributed by atoms with Crippen molar-refractivity contribution in [3.63, 3.8) is 0 Å². The molecule has 1 aliphatic heterocycles. The van der Waals surface area contributed by atoms with Gasteiger partial charge in [0.1, 0.15) is 6.10 Å². The summed E-state index contributed by atoms with van der Waals surface area (Å²) in [6, 6.07) is 0. The molecular formula is C20H28O3. The Bertz CT molecular complexity index is 551. The fourth-order valence-electron chi connectivity index (χ4n) is 3.25. The van der Waals surface area contributed by atoms with Gasteiger partial charge in [0, 0.05) is 17.9 Å². The second kappa shape index (κ2) is 8.30. The van der Waals surface area contributed by atoms with Crippen molar-refractivity contribution < 1.29 is 14.6 Å². The summed E-state index contributed by atoms with van der Waals surface area (Å²) < 4.78 is 5.51. The molecule has 0 bridgehead atoms. The molecule has 1 fully saturated rings. The third-order valence-corrected chi connectivity index (χ3v) is 4.81. The standard InChI is InChI=1S/C20H28O3/c1-14-6-4-8-15(2)12-19-18(16(3)20(22)23-19)11-10-17(13-21)9-5-7-14/h6,8,10,18-19,21H,3-5,7,9,11-13H2,1-2H3/b14-6+,15-8+,17-10-/t18-,19-/m0/s1. The summed E-state index contributed by atoms with van der Waals surface area (Å²) in [4.78, 5) is 11.9. The summed E-state index contributed by atoms with van der Waals surface area (Å²) in [7, 11) is 0. The van der Waals surface area contributed by atoms with Crippen molar-refractivity contribution in [2.45, 2.75) is 58.5 Å². The van der Waals surface area contributed by atoms with Gasteiger partial charge >= 0.3 is 5.97 Å². The maximum atomic E-state index is 11.9. The van der Waals surface area contributed by atoms with E-state index in [9.17, 15) is 9.90 Å². The molecule has 3 heteroatoms. The van der Waals surface area contributed by atoms with Crippen LogP contribution in [0.2, 0.25) is 0 Å². The normalized spacial score (nSPS) is 34.1. The van der Waals surface area contributed by atoms with E-state index in [1.807, 2.05) is 0 Å². The van der Waals surface area contributed by atoms with Gasteiger partial charge in [-0.3, -0.25) is 0 Å². The SMILES string of the molecule is C=C1C(=O)O[C@H]2C/C(C)=C/C/C=C(\C)CCC/C(CO)=C/C[C@@H]12. The van der Waals surface area contributed by atoms with Crippen LogP contribution >= 0.6 is 0 Å². The van der Waals surface area contributed by atoms with Crippen molar-refractivity contribution in [3.05, 3.63) is 47.1 Å². The summed E-state index contributed by atoms with van der Waals surface area (Å²) in [5, 5.41) is 9.55. The molecule has 0 radical (unpaired) electrons. The first-order valence-electron chi connectivity index (χ1n) is 8.51. The van der Waals surface area contributed by atoms with E-state index in [4.69, 9.17) is 4.74 Å². The zero-order chi connectivity index (χ0) is 16.8. The molecule has 0 aromatic carbocycles. The average Bonchev–Trinajstić information content (AvgIpc) is 2.76. The van der Waals surface area contributed by atoms with E-state index in [2.05, 4.69) is 38.7 Å². The maximum Gasteiger partial charge on any atom is 0.334 e. The molecule has 23 heavy (non-hydrogen) atoms. The largest absolute Gasteiger partial charge is 0.458 e. The van der Waals surface area contributed by atoms with Crippen molar-refractivity contribution in [2.75, 3.05) is 6.61 Å². The van der Waals surface area contributed by atoms with Gasteiger partial charge in [0.2, 0.25) is 0 Å². The van der Waals surface area contributed by atoms with Gasteiger partial charge in [-0.2, -0.15) is 0 Å². The Morgan fingerprint density at radius 3 is 2.70 bits per heavy atom. The molecule has 0 saturated carbocycles. The lowest BCUT2D eigenvalue weighted by atomic mass is 9.88. The number of hydrogen-bond donors (Lipinski definition) is 1. The summed E-state index contributed by atoms with van der Waals surface area (Å²) in [6.07, 6.45) is 11.8. The van der Waals surface area contributed by atoms with Gasteiger partial charge in [0.15, 0.2) is 0 Å². The van der Waals surface area contributed by atoms with E-state index in [1.165, 1.54) is 11.1 Å². The zero-order valence-corrected chi connectivity index (χ0v) is 14.3. The molecule has 126 valence electrons. The number of aliphatic hydroxyl groups is 1. The van der Waals surface area contributed by atoms with E-state index >= 15 is 0 Å². The molecule has 1 saturated heterocycles. The molecule has 0 aromatic heterocycles. The predicted molar refractivity (Wildman–Crippen MR) is 92.9 cm³/mol. The predicted octanol–water partition coefficient (Wildman–Crippen LogP) is 4.25. The molecule has 0 amide bonds. The number of rotatable bonds is 1. The molecule has 2 aliphatic rings. The number of carbonyl (C=O) groups excluding carboxylic acids is 1. The van der Waals surface area contributed by atoms with E-state index in [1.54, 1.807) is 0 Å². The zero-order valence-electron chi connectivity index (χ0n) is 14.3. The van der Waals surface area contributed by atoms with Crippen LogP contribution in [0.25, 0.3) is 0 Å². The van der Waals surface area contributed by atoms with Crippen molar-refractivity contribution in [3.8, 4) is 0 Å². The minimum Gasteiger partial charge on any atom is -0.458 e. The van der Waals surface area contributed by atoms with Crippen molar-refractivity contribution in [1.82, 2.24) is 0 Å². The van der Waals surface area contributed by atoms with Gasteiger partial charge in [-0.25, -0.2) is 4.79 Å². The van der Waals surface area contributed by atoms with Crippen LogP contribution in [-0.4, -0.2) is 23.8 Å². The highest BCUT2D eigenvalue weighted by Crippen LogP contribution is 2.34. The Kier molecular flexibility index (Phi) is 6.40. The van der Waals surface area contributed by atoms with Crippen molar-refractivity contribution >= 4 is 5.97 Å². The summed E-state index contributed by atoms with van der Waals surface area (Å²) >= 11 is 0. The highest BCUT2D eigenvalue weighted by Gasteiger charge is 2.37. The lowest BCUT2D eigenvalue weighted by Gasteiger charge is -2.17. The summed E-state index contributed by atoms with van der Waals surface area (Å²) in [5.41, 5.74) is 4.25. The van der Waals surface area contributed by atoms with Crippen LogP contribution in [-0.2, 0) is 9.53 Å². The Labute approximate surface area is 139 Å². The van der Waals surface area contributed by atoms with E-state index in [0.29, 0.717) is 12.0 Å². The molecule has 1 aliphatic carbocycles. The van der Waals surface area contributed by atoms with Crippen LogP contribution in [0.5, 0.6) is 0 Å². The second-order valence-corrected chi connectivity index (χ2v) is 6.73. The minimum absolute atomic E-state index is 0.0209. The lowest BCUT2D eigenvalue weighted by molar-refractivity contribution is -0.139. The highest BCUT2D eigenvalue weighted by atomic mass is 16.6. The topological polar surface area (TPSA) is 46.5 Å². The first kappa shape index (κ1) is 17.7. The molecule has 0 aromatic rings. The Balaban J connectivity index is 2.22. The highest BCUT2D eigenvalue weighted by molar-refractivity contribution is 5.90. The number of esters is 1. The van der Waals surface area contributed by atoms with Gasteiger partial charge in [-0.1, -0.05) is 36.0 Å². The van der Waals surface area contributed by atoms with Gasteiger partial charge in [-0.05, 0) is 51.5 Å². The Hall–Kier alpha value is -1.61. The second-order valence-electron chi connectivity index (χ2n) is 6.73. The molecule has 0 spiro atoms. The molecule has 3 nitrogen and oxygen atoms in total. The van der Waals surface area contributed by atoms with Crippen molar-refractivity contribution in [2.24, 2.45) is 5.92 Å². The number of aliphatic hydroxyl groups excluding tert-OH is 1. The number of allylic oxidation sites excluding steroid dienone is 4. The van der Waals surface area contributed by atoms with Crippen LogP contribution in [0, 0.1) is 5.92 Å². The third kappa shape index (κ3) is 4.93. The Morgan fingerprint density at radius 1 is 1.22 bits per heavy atom. The minimum atomic E-state index is -0.271. The maximum absolute atomic E-state index is 11.9. The molecule has 2 atom stereocenters. The van der Waals surface area contributed by atoms with Gasteiger partial charge in [-0.15, -0.1) is 0 Å². The fraction of sp³-hybridized carbons (Fsp3) is 0.550. The molecular weight excluding hydrogens is 288 g/mol. The van der Waals surface area contributed by atoms with Crippen LogP contribution in [0.15, 0.2) is 47.1 Å². The number of carbonyl (C=O) groups is 1. The van der Waals surface area contributed by atoms with Crippen LogP contribution in [0.4, 0.5) is 0 Å². The van der Waals surface area contributed by atoms with E-state index in [-0.39, 0.29) is 24.6 Å². The summed E-state index contributed by atoms with van der Waals surface area (Å²) in [6.45, 7) is 8.25. The fourth-order valence-corrected chi connectivity index (χ4v) is 3.25. The average molecular weight is 316 g/mol. The molecule has 1 N–H and O–H groups in total. The monoisotopic (exact) mass is 316 g/mol. The quantitative estimate of drug-likeness (QED) is 0.447. The van der Waals surface area contributed by atoms with Gasteiger partial charge in [0.05, 0.1) is 6.61 Å². The molecule has 2 rings (SSSR count). The number of hydrogen-bond acceptors (Lipinski definition) is 3. The molecule has 1 heterocycles. The van der Waals surface area contributed by atoms with Gasteiger partial charge < -0.3 is 9.84 Å². The summed E-state index contributed by atoms with van der Waals surface area (Å²) in [5.74, 6) is -0.251. The Morgan fingerprint density at radius 2 is 1.96 bits per heavy atom. The van der Waals surface area contributed by atoms with Crippen LogP contribution < -0.4 is 0 Å². The van der Waals surface area contributed by atoms with Gasteiger partial charge in [0.25, 0.3) is 0 Å². The smallest absolute Gasteiger partial charge is 0.334 e. The number of fused-ring (bicyclic) bond motifs is 1. The lowest BCUT2D eigenvalue weighted by Crippen LogP contribution is -2.17.